The van der Waals surface area contributed by atoms with Gasteiger partial charge in [-0.3, -0.25) is 19.2 Å². The monoisotopic (exact) mass is 270 g/mol. The molecule has 8 nitrogen and oxygen atoms in total. The summed E-state index contributed by atoms with van der Waals surface area (Å²) in [5, 5.41) is 29.9. The van der Waals surface area contributed by atoms with Crippen LogP contribution in [0.15, 0.2) is 0 Å². The SMILES string of the molecule is O=C(O)C(SSC(C(=O)O)C(=O)O)C(=O)O. The summed E-state index contributed by atoms with van der Waals surface area (Å²) in [6, 6.07) is 0. The van der Waals surface area contributed by atoms with Gasteiger partial charge in [0.15, 0.2) is 0 Å². The van der Waals surface area contributed by atoms with Crippen molar-refractivity contribution in [3.8, 4) is 0 Å². The van der Waals surface area contributed by atoms with Crippen LogP contribution in [-0.4, -0.2) is 54.8 Å². The predicted molar refractivity (Wildman–Crippen MR) is 53.3 cm³/mol. The summed E-state index contributed by atoms with van der Waals surface area (Å²) in [6.45, 7) is 0. The van der Waals surface area contributed by atoms with E-state index in [1.165, 1.54) is 0 Å². The quantitative estimate of drug-likeness (QED) is 0.350. The van der Waals surface area contributed by atoms with Gasteiger partial charge in [0.25, 0.3) is 0 Å². The van der Waals surface area contributed by atoms with E-state index in [9.17, 15) is 19.2 Å². The molecule has 0 heterocycles. The summed E-state index contributed by atoms with van der Waals surface area (Å²) in [4.78, 5) is 41.5. The van der Waals surface area contributed by atoms with Crippen molar-refractivity contribution in [2.24, 2.45) is 0 Å². The van der Waals surface area contributed by atoms with Gasteiger partial charge in [-0.25, -0.2) is 0 Å². The predicted octanol–water partition coefficient (Wildman–Crippen LogP) is -0.557. The van der Waals surface area contributed by atoms with Gasteiger partial charge in [0.2, 0.25) is 10.5 Å². The number of carboxylic acid groups (broad SMARTS) is 4. The van der Waals surface area contributed by atoms with Crippen molar-refractivity contribution >= 4 is 45.5 Å². The fourth-order valence-corrected chi connectivity index (χ4v) is 2.69. The van der Waals surface area contributed by atoms with Gasteiger partial charge in [-0.05, 0) is 0 Å². The van der Waals surface area contributed by atoms with Crippen molar-refractivity contribution in [3.63, 3.8) is 0 Å². The third kappa shape index (κ3) is 4.40. The molecule has 0 atom stereocenters. The molecule has 16 heavy (non-hydrogen) atoms. The topological polar surface area (TPSA) is 149 Å². The Labute approximate surface area is 96.0 Å². The van der Waals surface area contributed by atoms with Gasteiger partial charge in [0.05, 0.1) is 0 Å². The Kier molecular flexibility index (Phi) is 5.67. The van der Waals surface area contributed by atoms with Crippen molar-refractivity contribution in [1.82, 2.24) is 0 Å². The van der Waals surface area contributed by atoms with Gasteiger partial charge < -0.3 is 20.4 Å². The third-order valence-corrected chi connectivity index (χ3v) is 3.94. The molecule has 0 saturated heterocycles. The minimum atomic E-state index is -1.91. The molecule has 0 aromatic carbocycles. The van der Waals surface area contributed by atoms with E-state index >= 15 is 0 Å². The van der Waals surface area contributed by atoms with Crippen LogP contribution in [0.4, 0.5) is 0 Å². The zero-order chi connectivity index (χ0) is 12.9. The molecule has 90 valence electrons. The molecule has 10 heteroatoms. The molecule has 0 saturated carbocycles. The summed E-state index contributed by atoms with van der Waals surface area (Å²) in [7, 11) is 0.317. The largest absolute Gasteiger partial charge is 0.480 e. The first-order valence-corrected chi connectivity index (χ1v) is 5.78. The van der Waals surface area contributed by atoms with Crippen LogP contribution in [-0.2, 0) is 19.2 Å². The molecule has 0 radical (unpaired) electrons. The van der Waals surface area contributed by atoms with Gasteiger partial charge >= 0.3 is 23.9 Å². The normalized spacial score (nSPS) is 10.4. The highest BCUT2D eigenvalue weighted by Crippen LogP contribution is 2.31. The second-order valence-electron chi connectivity index (χ2n) is 2.31. The third-order valence-electron chi connectivity index (χ3n) is 1.15. The number of hydrogen-bond acceptors (Lipinski definition) is 6. The average molecular weight is 270 g/mol. The molecule has 0 unspecified atom stereocenters. The second-order valence-corrected chi connectivity index (χ2v) is 4.79. The first kappa shape index (κ1) is 14.6. The summed E-state index contributed by atoms with van der Waals surface area (Å²) in [6.07, 6.45) is 0. The minimum Gasteiger partial charge on any atom is -0.480 e. The van der Waals surface area contributed by atoms with Gasteiger partial charge in [0, 0.05) is 0 Å². The van der Waals surface area contributed by atoms with E-state index in [4.69, 9.17) is 20.4 Å². The van der Waals surface area contributed by atoms with Gasteiger partial charge in [-0.15, -0.1) is 0 Å². The molecule has 0 aliphatic carbocycles. The van der Waals surface area contributed by atoms with Crippen molar-refractivity contribution in [1.29, 1.82) is 0 Å². The molecule has 0 fully saturated rings. The molecule has 0 amide bonds. The second kappa shape index (κ2) is 6.23. The zero-order valence-electron chi connectivity index (χ0n) is 7.39. The van der Waals surface area contributed by atoms with E-state index in [-0.39, 0.29) is 21.6 Å². The number of carboxylic acids is 4. The van der Waals surface area contributed by atoms with Crippen LogP contribution < -0.4 is 0 Å². The lowest BCUT2D eigenvalue weighted by Gasteiger charge is -2.09. The van der Waals surface area contributed by atoms with E-state index in [0.29, 0.717) is 0 Å². The maximum atomic E-state index is 10.4. The molecule has 0 bridgehead atoms. The Balaban J connectivity index is 4.50. The van der Waals surface area contributed by atoms with E-state index in [1.54, 1.807) is 0 Å². The summed E-state index contributed by atoms with van der Waals surface area (Å²) in [5.74, 6) is -6.72. The zero-order valence-corrected chi connectivity index (χ0v) is 9.03. The van der Waals surface area contributed by atoms with Crippen LogP contribution in [0.25, 0.3) is 0 Å². The van der Waals surface area contributed by atoms with Crippen LogP contribution in [0, 0.1) is 0 Å². The van der Waals surface area contributed by atoms with Crippen molar-refractivity contribution in [3.05, 3.63) is 0 Å². The smallest absolute Gasteiger partial charge is 0.329 e. The fraction of sp³-hybridized carbons (Fsp3) is 0.333. The van der Waals surface area contributed by atoms with Crippen molar-refractivity contribution in [2.45, 2.75) is 10.5 Å². The lowest BCUT2D eigenvalue weighted by molar-refractivity contribution is -0.148. The first-order valence-electron chi connectivity index (χ1n) is 3.50. The standard InChI is InChI=1S/C6H6O8S2/c7-3(8)1(4(9)10)15-16-2(5(11)12)6(13)14/h1-2H,(H,7,8)(H,9,10)(H,11,12)(H,13,14). The molecule has 0 aromatic heterocycles. The van der Waals surface area contributed by atoms with Gasteiger partial charge in [-0.2, -0.15) is 0 Å². The van der Waals surface area contributed by atoms with E-state index in [2.05, 4.69) is 0 Å². The van der Waals surface area contributed by atoms with Crippen LogP contribution in [0.2, 0.25) is 0 Å². The highest BCUT2D eigenvalue weighted by atomic mass is 33.1. The Morgan fingerprint density at radius 3 is 0.938 bits per heavy atom. The van der Waals surface area contributed by atoms with Gasteiger partial charge in [-0.1, -0.05) is 21.6 Å². The van der Waals surface area contributed by atoms with E-state index < -0.39 is 34.4 Å². The molecule has 4 N–H and O–H groups in total. The van der Waals surface area contributed by atoms with Gasteiger partial charge in [0.1, 0.15) is 0 Å². The first-order chi connectivity index (χ1) is 7.27. The molecule has 0 aromatic rings. The maximum absolute atomic E-state index is 10.4. The number of carbonyl (C=O) groups is 4. The van der Waals surface area contributed by atoms with Crippen LogP contribution in [0.1, 0.15) is 0 Å². The Bertz CT molecular complexity index is 266. The van der Waals surface area contributed by atoms with Crippen molar-refractivity contribution in [2.75, 3.05) is 0 Å². The summed E-state index contributed by atoms with van der Waals surface area (Å²) in [5.41, 5.74) is 0. The Hall–Kier alpha value is -1.42. The minimum absolute atomic E-state index is 0.158. The van der Waals surface area contributed by atoms with E-state index in [1.807, 2.05) is 0 Å². The van der Waals surface area contributed by atoms with Crippen LogP contribution in [0.5, 0.6) is 0 Å². The lowest BCUT2D eigenvalue weighted by atomic mass is 10.4. The number of aliphatic carboxylic acids is 4. The number of hydrogen-bond donors (Lipinski definition) is 4. The fourth-order valence-electron chi connectivity index (χ4n) is 0.487. The number of rotatable bonds is 7. The Morgan fingerprint density at radius 1 is 0.625 bits per heavy atom. The molecular weight excluding hydrogens is 264 g/mol. The Morgan fingerprint density at radius 2 is 0.812 bits per heavy atom. The molecule has 0 aliphatic rings. The van der Waals surface area contributed by atoms with E-state index in [0.717, 1.165) is 0 Å². The van der Waals surface area contributed by atoms with Crippen LogP contribution >= 0.6 is 21.6 Å². The van der Waals surface area contributed by atoms with Crippen molar-refractivity contribution < 1.29 is 39.6 Å². The van der Waals surface area contributed by atoms with Crippen LogP contribution in [0.3, 0.4) is 0 Å². The summed E-state index contributed by atoms with van der Waals surface area (Å²) >= 11 is 0. The average Bonchev–Trinajstić information content (AvgIpc) is 2.09. The highest BCUT2D eigenvalue weighted by molar-refractivity contribution is 8.77. The maximum Gasteiger partial charge on any atom is 0.329 e. The molecule has 0 rings (SSSR count). The lowest BCUT2D eigenvalue weighted by Crippen LogP contribution is -2.29. The summed E-state index contributed by atoms with van der Waals surface area (Å²) < 4.78 is 0. The molecule has 0 aliphatic heterocycles. The molecular formula is C6H6O8S2. The molecule has 0 spiro atoms. The highest BCUT2D eigenvalue weighted by Gasteiger charge is 2.33.